The molecule has 15 heavy (non-hydrogen) atoms. The summed E-state index contributed by atoms with van der Waals surface area (Å²) >= 11 is 5.91. The number of aromatic nitrogens is 1. The van der Waals surface area contributed by atoms with E-state index < -0.39 is 0 Å². The molecular formula is C11H13ClN2O. The van der Waals surface area contributed by atoms with Crippen LogP contribution in [-0.2, 0) is 0 Å². The number of nitriles is 1. The van der Waals surface area contributed by atoms with Crippen molar-refractivity contribution in [3.63, 3.8) is 0 Å². The minimum absolute atomic E-state index is 0.302. The van der Waals surface area contributed by atoms with Gasteiger partial charge in [-0.3, -0.25) is 0 Å². The monoisotopic (exact) mass is 224 g/mol. The molecule has 0 amide bonds. The van der Waals surface area contributed by atoms with Gasteiger partial charge in [0.05, 0.1) is 12.2 Å². The lowest BCUT2D eigenvalue weighted by molar-refractivity contribution is 0.295. The zero-order valence-electron chi connectivity index (χ0n) is 8.66. The topological polar surface area (TPSA) is 45.9 Å². The van der Waals surface area contributed by atoms with Crippen LogP contribution in [0.25, 0.3) is 0 Å². The zero-order valence-corrected chi connectivity index (χ0v) is 9.42. The molecular weight excluding hydrogens is 212 g/mol. The Morgan fingerprint density at radius 2 is 2.33 bits per heavy atom. The Bertz CT molecular complexity index is 360. The number of hydrogen-bond donors (Lipinski definition) is 0. The van der Waals surface area contributed by atoms with Gasteiger partial charge in [-0.15, -0.1) is 0 Å². The third kappa shape index (κ3) is 3.41. The minimum Gasteiger partial charge on any atom is -0.477 e. The van der Waals surface area contributed by atoms with Crippen LogP contribution >= 0.6 is 11.6 Å². The van der Waals surface area contributed by atoms with Gasteiger partial charge in [-0.2, -0.15) is 5.26 Å². The molecule has 0 atom stereocenters. The molecule has 0 aliphatic carbocycles. The van der Waals surface area contributed by atoms with Crippen LogP contribution in [0.2, 0.25) is 5.02 Å². The lowest BCUT2D eigenvalue weighted by atomic mass is 10.3. The van der Waals surface area contributed by atoms with E-state index in [0.717, 1.165) is 19.3 Å². The van der Waals surface area contributed by atoms with Crippen LogP contribution in [0.1, 0.15) is 31.7 Å². The Kier molecular flexibility index (Phi) is 4.92. The zero-order chi connectivity index (χ0) is 11.1. The van der Waals surface area contributed by atoms with Crippen LogP contribution in [0, 0.1) is 11.3 Å². The molecule has 0 spiro atoms. The molecule has 1 aromatic rings. The average Bonchev–Trinajstić information content (AvgIpc) is 2.26. The maximum atomic E-state index is 8.73. The van der Waals surface area contributed by atoms with Gasteiger partial charge in [-0.05, 0) is 12.5 Å². The molecule has 0 N–H and O–H groups in total. The van der Waals surface area contributed by atoms with Crippen molar-refractivity contribution in [2.75, 3.05) is 6.61 Å². The standard InChI is InChI=1S/C11H13ClN2O/c1-2-3-4-7-15-11-10(12)9(8-13)5-6-14-11/h5-6H,2-4,7H2,1H3. The number of halogens is 1. The largest absolute Gasteiger partial charge is 0.477 e. The average molecular weight is 225 g/mol. The smallest absolute Gasteiger partial charge is 0.233 e. The molecule has 0 saturated heterocycles. The highest BCUT2D eigenvalue weighted by atomic mass is 35.5. The van der Waals surface area contributed by atoms with Gasteiger partial charge in [-0.25, -0.2) is 4.98 Å². The van der Waals surface area contributed by atoms with Crippen molar-refractivity contribution in [2.45, 2.75) is 26.2 Å². The summed E-state index contributed by atoms with van der Waals surface area (Å²) in [7, 11) is 0. The quantitative estimate of drug-likeness (QED) is 0.722. The van der Waals surface area contributed by atoms with Crippen LogP contribution in [0.3, 0.4) is 0 Å². The highest BCUT2D eigenvalue weighted by molar-refractivity contribution is 6.32. The third-order valence-electron chi connectivity index (χ3n) is 1.96. The lowest BCUT2D eigenvalue weighted by Gasteiger charge is -2.06. The van der Waals surface area contributed by atoms with Gasteiger partial charge in [0.25, 0.3) is 0 Å². The van der Waals surface area contributed by atoms with Crippen LogP contribution in [0.5, 0.6) is 5.88 Å². The number of hydrogen-bond acceptors (Lipinski definition) is 3. The van der Waals surface area contributed by atoms with Crippen LogP contribution in [0.15, 0.2) is 12.3 Å². The van der Waals surface area contributed by atoms with Gasteiger partial charge in [0.1, 0.15) is 11.1 Å². The molecule has 1 heterocycles. The number of pyridine rings is 1. The molecule has 1 rings (SSSR count). The van der Waals surface area contributed by atoms with Gasteiger partial charge in [-0.1, -0.05) is 31.4 Å². The molecule has 0 bridgehead atoms. The van der Waals surface area contributed by atoms with Crippen molar-refractivity contribution in [3.8, 4) is 11.9 Å². The van der Waals surface area contributed by atoms with Crippen LogP contribution in [-0.4, -0.2) is 11.6 Å². The molecule has 0 unspecified atom stereocenters. The molecule has 0 saturated carbocycles. The number of ether oxygens (including phenoxy) is 1. The Labute approximate surface area is 94.7 Å². The molecule has 1 aromatic heterocycles. The highest BCUT2D eigenvalue weighted by Crippen LogP contribution is 2.24. The van der Waals surface area contributed by atoms with Gasteiger partial charge in [0.2, 0.25) is 5.88 Å². The van der Waals surface area contributed by atoms with Gasteiger partial charge in [0.15, 0.2) is 0 Å². The molecule has 3 nitrogen and oxygen atoms in total. The van der Waals surface area contributed by atoms with E-state index in [1.807, 2.05) is 6.07 Å². The number of rotatable bonds is 5. The van der Waals surface area contributed by atoms with E-state index in [0.29, 0.717) is 23.1 Å². The molecule has 0 aliphatic heterocycles. The molecule has 0 fully saturated rings. The molecule has 0 radical (unpaired) electrons. The van der Waals surface area contributed by atoms with E-state index in [4.69, 9.17) is 21.6 Å². The van der Waals surface area contributed by atoms with Crippen molar-refractivity contribution in [2.24, 2.45) is 0 Å². The van der Waals surface area contributed by atoms with E-state index in [-0.39, 0.29) is 0 Å². The second-order valence-corrected chi connectivity index (χ2v) is 3.52. The minimum atomic E-state index is 0.302. The first-order valence-corrected chi connectivity index (χ1v) is 5.34. The normalized spacial score (nSPS) is 9.67. The van der Waals surface area contributed by atoms with Crippen molar-refractivity contribution in [1.82, 2.24) is 4.98 Å². The summed E-state index contributed by atoms with van der Waals surface area (Å²) in [6.07, 6.45) is 4.77. The van der Waals surface area contributed by atoms with E-state index in [9.17, 15) is 0 Å². The van der Waals surface area contributed by atoms with E-state index in [1.54, 1.807) is 6.07 Å². The summed E-state index contributed by atoms with van der Waals surface area (Å²) in [5.74, 6) is 0.354. The predicted octanol–water partition coefficient (Wildman–Crippen LogP) is 3.18. The summed E-state index contributed by atoms with van der Waals surface area (Å²) in [5.41, 5.74) is 0.400. The van der Waals surface area contributed by atoms with E-state index >= 15 is 0 Å². The molecule has 0 aromatic carbocycles. The molecule has 4 heteroatoms. The summed E-state index contributed by atoms with van der Waals surface area (Å²) in [4.78, 5) is 3.98. The van der Waals surface area contributed by atoms with Crippen LogP contribution < -0.4 is 4.74 Å². The number of nitrogens with zero attached hydrogens (tertiary/aromatic N) is 2. The lowest BCUT2D eigenvalue weighted by Crippen LogP contribution is -2.00. The maximum absolute atomic E-state index is 8.73. The first kappa shape index (κ1) is 11.8. The number of unbranched alkanes of at least 4 members (excludes halogenated alkanes) is 2. The van der Waals surface area contributed by atoms with E-state index in [2.05, 4.69) is 11.9 Å². The maximum Gasteiger partial charge on any atom is 0.233 e. The fraction of sp³-hybridized carbons (Fsp3) is 0.455. The Hall–Kier alpha value is -1.27. The molecule has 80 valence electrons. The van der Waals surface area contributed by atoms with Gasteiger partial charge >= 0.3 is 0 Å². The summed E-state index contributed by atoms with van der Waals surface area (Å²) < 4.78 is 5.39. The fourth-order valence-electron chi connectivity index (χ4n) is 1.13. The summed E-state index contributed by atoms with van der Waals surface area (Å²) in [6.45, 7) is 2.72. The Balaban J connectivity index is 2.58. The Morgan fingerprint density at radius 1 is 1.53 bits per heavy atom. The van der Waals surface area contributed by atoms with Crippen LogP contribution in [0.4, 0.5) is 0 Å². The molecule has 0 aliphatic rings. The highest BCUT2D eigenvalue weighted by Gasteiger charge is 2.07. The second kappa shape index (κ2) is 6.26. The van der Waals surface area contributed by atoms with Crippen molar-refractivity contribution in [1.29, 1.82) is 5.26 Å². The predicted molar refractivity (Wildman–Crippen MR) is 59.0 cm³/mol. The Morgan fingerprint density at radius 3 is 3.00 bits per heavy atom. The van der Waals surface area contributed by atoms with E-state index in [1.165, 1.54) is 6.20 Å². The second-order valence-electron chi connectivity index (χ2n) is 3.15. The van der Waals surface area contributed by atoms with Crippen molar-refractivity contribution in [3.05, 3.63) is 22.8 Å². The SMILES string of the molecule is CCCCCOc1nccc(C#N)c1Cl. The first-order valence-electron chi connectivity index (χ1n) is 4.97. The first-order chi connectivity index (χ1) is 7.29. The van der Waals surface area contributed by atoms with Gasteiger partial charge < -0.3 is 4.74 Å². The van der Waals surface area contributed by atoms with Gasteiger partial charge in [0, 0.05) is 6.20 Å². The van der Waals surface area contributed by atoms with Crippen molar-refractivity contribution < 1.29 is 4.74 Å². The fourth-order valence-corrected chi connectivity index (χ4v) is 1.34. The third-order valence-corrected chi connectivity index (χ3v) is 2.33. The summed E-state index contributed by atoms with van der Waals surface area (Å²) in [5, 5.41) is 9.04. The summed E-state index contributed by atoms with van der Waals surface area (Å²) in [6, 6.07) is 3.56. The van der Waals surface area contributed by atoms with Crippen molar-refractivity contribution >= 4 is 11.6 Å².